The number of hydrogen-bond acceptors (Lipinski definition) is 4. The van der Waals surface area contributed by atoms with Crippen molar-refractivity contribution in [1.82, 2.24) is 20.0 Å². The van der Waals surface area contributed by atoms with E-state index in [1.54, 1.807) is 23.2 Å². The summed E-state index contributed by atoms with van der Waals surface area (Å²) in [6.07, 6.45) is 14.0. The number of Topliss-reactive ketones (excluding diaryl/α,β-unsaturated/α-hetero) is 1. The fourth-order valence-corrected chi connectivity index (χ4v) is 5.75. The molecule has 2 heterocycles. The van der Waals surface area contributed by atoms with Crippen LogP contribution in [-0.4, -0.2) is 39.5 Å². The van der Waals surface area contributed by atoms with Gasteiger partial charge in [-0.2, -0.15) is 5.10 Å². The highest BCUT2D eigenvalue weighted by Gasteiger charge is 2.24. The van der Waals surface area contributed by atoms with Gasteiger partial charge in [0.1, 0.15) is 0 Å². The maximum Gasteiger partial charge on any atom is 0.258 e. The molecule has 2 aromatic carbocycles. The average Bonchev–Trinajstić information content (AvgIpc) is 3.62. The van der Waals surface area contributed by atoms with Crippen molar-refractivity contribution in [3.05, 3.63) is 118 Å². The Morgan fingerprint density at radius 2 is 1.87 bits per heavy atom. The second-order valence-electron chi connectivity index (χ2n) is 10.8. The zero-order valence-corrected chi connectivity index (χ0v) is 22.4. The summed E-state index contributed by atoms with van der Waals surface area (Å²) < 4.78 is 1.80. The maximum atomic E-state index is 13.0. The number of piperidine rings is 1. The highest BCUT2D eigenvalue weighted by Crippen LogP contribution is 2.33. The number of rotatable bonds is 7. The maximum absolute atomic E-state index is 13.0. The quantitative estimate of drug-likeness (QED) is 0.440. The Morgan fingerprint density at radius 1 is 1.05 bits per heavy atom. The molecule has 1 aliphatic heterocycles. The number of carbonyl (C=O) groups excluding carboxylic acids is 2. The predicted molar refractivity (Wildman–Crippen MR) is 153 cm³/mol. The number of ketones is 1. The Morgan fingerprint density at radius 3 is 2.69 bits per heavy atom. The number of allylic oxidation sites excluding steroid dienone is 4. The molecule has 0 unspecified atom stereocenters. The first-order valence-electron chi connectivity index (χ1n) is 13.9. The van der Waals surface area contributed by atoms with E-state index in [1.165, 1.54) is 49.0 Å². The van der Waals surface area contributed by atoms with E-state index >= 15 is 0 Å². The van der Waals surface area contributed by atoms with E-state index in [4.69, 9.17) is 0 Å². The smallest absolute Gasteiger partial charge is 0.258 e. The molecule has 1 amide bonds. The van der Waals surface area contributed by atoms with Crippen molar-refractivity contribution < 1.29 is 9.59 Å². The third-order valence-corrected chi connectivity index (χ3v) is 8.03. The van der Waals surface area contributed by atoms with Gasteiger partial charge in [0.15, 0.2) is 5.78 Å². The van der Waals surface area contributed by atoms with E-state index < -0.39 is 0 Å². The van der Waals surface area contributed by atoms with Gasteiger partial charge < -0.3 is 5.32 Å². The molecule has 3 aliphatic rings. The normalized spacial score (nSPS) is 18.2. The molecule has 1 saturated heterocycles. The number of likely N-dealkylation sites (tertiary alicyclic amines) is 1. The molecular weight excluding hydrogens is 484 g/mol. The Hall–Kier alpha value is -4.03. The van der Waals surface area contributed by atoms with Crippen molar-refractivity contribution in [3.63, 3.8) is 0 Å². The lowest BCUT2D eigenvalue weighted by atomic mass is 9.93. The van der Waals surface area contributed by atoms with Crippen molar-refractivity contribution in [2.75, 3.05) is 13.1 Å². The van der Waals surface area contributed by atoms with Crippen LogP contribution >= 0.6 is 0 Å². The van der Waals surface area contributed by atoms with Gasteiger partial charge in [0.2, 0.25) is 0 Å². The van der Waals surface area contributed by atoms with Gasteiger partial charge in [-0.1, -0.05) is 67.1 Å². The SMILES string of the molecule is C[C@@H](c1ccccc1)n1cc(C(=O)NC2=CCC(=O)C(C3=Cc4cc(CN5CCCCC5)ccc4C3)=C2)cn1. The average molecular weight is 519 g/mol. The standard InChI is InChI=1S/C33H34N4O2/c1-23(25-8-4-2-5-9-25)37-22-29(20-34-37)33(39)35-30-12-13-32(38)31(19-30)28-17-26-11-10-24(16-27(26)18-28)21-36-14-6-3-7-15-36/h2,4-5,8-12,16,18-20,22-23H,3,6-7,13-15,17,21H2,1H3,(H,35,39)/t23-/m0/s1. The molecule has 0 bridgehead atoms. The van der Waals surface area contributed by atoms with Crippen molar-refractivity contribution in [3.8, 4) is 0 Å². The number of nitrogens with zero attached hydrogens (tertiary/aromatic N) is 3. The van der Waals surface area contributed by atoms with Crippen LogP contribution in [0.3, 0.4) is 0 Å². The largest absolute Gasteiger partial charge is 0.322 e. The summed E-state index contributed by atoms with van der Waals surface area (Å²) in [6, 6.07) is 16.8. The van der Waals surface area contributed by atoms with Crippen LogP contribution in [-0.2, 0) is 17.8 Å². The van der Waals surface area contributed by atoms with Gasteiger partial charge in [0, 0.05) is 30.4 Å². The van der Waals surface area contributed by atoms with Crippen molar-refractivity contribution in [2.45, 2.75) is 51.6 Å². The van der Waals surface area contributed by atoms with Gasteiger partial charge in [0.25, 0.3) is 5.91 Å². The van der Waals surface area contributed by atoms with Crippen LogP contribution in [0.1, 0.15) is 71.3 Å². The van der Waals surface area contributed by atoms with E-state index in [-0.39, 0.29) is 24.2 Å². The van der Waals surface area contributed by atoms with Crippen molar-refractivity contribution in [1.29, 1.82) is 0 Å². The first-order valence-corrected chi connectivity index (χ1v) is 13.9. The first kappa shape index (κ1) is 25.3. The van der Waals surface area contributed by atoms with Crippen LogP contribution in [0.2, 0.25) is 0 Å². The number of hydrogen-bond donors (Lipinski definition) is 1. The summed E-state index contributed by atoms with van der Waals surface area (Å²) in [5, 5.41) is 7.40. The van der Waals surface area contributed by atoms with E-state index in [0.717, 1.165) is 24.1 Å². The van der Waals surface area contributed by atoms with Crippen LogP contribution in [0.5, 0.6) is 0 Å². The minimum Gasteiger partial charge on any atom is -0.322 e. The minimum absolute atomic E-state index is 0.0158. The molecule has 3 aromatic rings. The molecule has 0 saturated carbocycles. The van der Waals surface area contributed by atoms with Crippen LogP contribution in [0.25, 0.3) is 6.08 Å². The molecule has 0 spiro atoms. The summed E-state index contributed by atoms with van der Waals surface area (Å²) in [5.74, 6) is -0.145. The summed E-state index contributed by atoms with van der Waals surface area (Å²) >= 11 is 0. The van der Waals surface area contributed by atoms with E-state index in [1.807, 2.05) is 36.4 Å². The number of fused-ring (bicyclic) bond motifs is 1. The molecule has 6 heteroatoms. The summed E-state index contributed by atoms with van der Waals surface area (Å²) in [4.78, 5) is 28.5. The Kier molecular flexibility index (Phi) is 7.12. The summed E-state index contributed by atoms with van der Waals surface area (Å²) in [5.41, 5.74) is 7.75. The molecule has 6 nitrogen and oxygen atoms in total. The predicted octanol–water partition coefficient (Wildman–Crippen LogP) is 5.63. The molecule has 1 atom stereocenters. The highest BCUT2D eigenvalue weighted by atomic mass is 16.1. The Labute approximate surface area is 229 Å². The van der Waals surface area contributed by atoms with Gasteiger partial charge >= 0.3 is 0 Å². The van der Waals surface area contributed by atoms with Crippen LogP contribution < -0.4 is 5.32 Å². The van der Waals surface area contributed by atoms with E-state index in [0.29, 0.717) is 16.8 Å². The number of nitrogens with one attached hydrogen (secondary N) is 1. The molecule has 198 valence electrons. The molecule has 39 heavy (non-hydrogen) atoms. The highest BCUT2D eigenvalue weighted by molar-refractivity contribution is 6.04. The molecule has 6 rings (SSSR count). The number of benzene rings is 2. The number of amides is 1. The Bertz CT molecular complexity index is 1490. The monoisotopic (exact) mass is 518 g/mol. The fourth-order valence-electron chi connectivity index (χ4n) is 5.75. The lowest BCUT2D eigenvalue weighted by Crippen LogP contribution is -2.29. The molecule has 1 aromatic heterocycles. The van der Waals surface area contributed by atoms with Crippen LogP contribution in [0.4, 0.5) is 0 Å². The molecule has 1 N–H and O–H groups in total. The minimum atomic E-state index is -0.233. The lowest BCUT2D eigenvalue weighted by molar-refractivity contribution is -0.114. The van der Waals surface area contributed by atoms with Gasteiger partial charge in [0.05, 0.1) is 17.8 Å². The molecular formula is C33H34N4O2. The fraction of sp³-hybridized carbons (Fsp3) is 0.303. The number of aromatic nitrogens is 2. The van der Waals surface area contributed by atoms with Crippen molar-refractivity contribution >= 4 is 17.8 Å². The second-order valence-corrected chi connectivity index (χ2v) is 10.8. The lowest BCUT2D eigenvalue weighted by Gasteiger charge is -2.26. The molecule has 1 fully saturated rings. The third-order valence-electron chi connectivity index (χ3n) is 8.03. The van der Waals surface area contributed by atoms with Gasteiger partial charge in [-0.3, -0.25) is 19.2 Å². The first-order chi connectivity index (χ1) is 19.0. The molecule has 2 aliphatic carbocycles. The van der Waals surface area contributed by atoms with Gasteiger partial charge in [-0.15, -0.1) is 0 Å². The molecule has 0 radical (unpaired) electrons. The van der Waals surface area contributed by atoms with Gasteiger partial charge in [-0.05, 0) is 73.2 Å². The van der Waals surface area contributed by atoms with E-state index in [2.05, 4.69) is 46.5 Å². The van der Waals surface area contributed by atoms with Crippen LogP contribution in [0.15, 0.2) is 89.9 Å². The third kappa shape index (κ3) is 5.57. The number of carbonyl (C=O) groups is 2. The van der Waals surface area contributed by atoms with Gasteiger partial charge in [-0.25, -0.2) is 0 Å². The second kappa shape index (κ2) is 11.0. The zero-order chi connectivity index (χ0) is 26.8. The topological polar surface area (TPSA) is 67.2 Å². The summed E-state index contributed by atoms with van der Waals surface area (Å²) in [6.45, 7) is 5.39. The Balaban J connectivity index is 1.14. The summed E-state index contributed by atoms with van der Waals surface area (Å²) in [7, 11) is 0. The van der Waals surface area contributed by atoms with E-state index in [9.17, 15) is 9.59 Å². The zero-order valence-electron chi connectivity index (χ0n) is 22.4. The van der Waals surface area contributed by atoms with Crippen LogP contribution in [0, 0.1) is 0 Å². The van der Waals surface area contributed by atoms with Crippen molar-refractivity contribution in [2.24, 2.45) is 0 Å².